The van der Waals surface area contributed by atoms with Gasteiger partial charge >= 0.3 is 0 Å². The smallest absolute Gasteiger partial charge is 0.196 e. The van der Waals surface area contributed by atoms with Crippen LogP contribution < -0.4 is 9.47 Å². The Morgan fingerprint density at radius 3 is 2.04 bits per heavy atom. The monoisotopic (exact) mass is 314 g/mol. The van der Waals surface area contributed by atoms with Crippen LogP contribution in [0.15, 0.2) is 48.5 Å². The SMILES string of the molecule is CCCc1ccc(OCc2ccc(OC(C)OCC)cc2)cc1. The summed E-state index contributed by atoms with van der Waals surface area (Å²) >= 11 is 0. The standard InChI is InChI=1S/C20H26O3/c1-4-6-17-7-11-19(12-8-17)22-15-18-9-13-20(14-10-18)23-16(3)21-5-2/h7-14,16H,4-6,15H2,1-3H3. The summed E-state index contributed by atoms with van der Waals surface area (Å²) < 4.78 is 16.8. The Bertz CT molecular complexity index is 560. The second kappa shape index (κ2) is 9.21. The molecule has 0 amide bonds. The average Bonchev–Trinajstić information content (AvgIpc) is 2.56. The molecular formula is C20H26O3. The average molecular weight is 314 g/mol. The van der Waals surface area contributed by atoms with Crippen molar-refractivity contribution in [2.45, 2.75) is 46.5 Å². The van der Waals surface area contributed by atoms with Gasteiger partial charge in [-0.05, 0) is 55.7 Å². The summed E-state index contributed by atoms with van der Waals surface area (Å²) in [7, 11) is 0. The highest BCUT2D eigenvalue weighted by Gasteiger charge is 2.03. The van der Waals surface area contributed by atoms with Crippen molar-refractivity contribution in [1.29, 1.82) is 0 Å². The zero-order valence-corrected chi connectivity index (χ0v) is 14.2. The molecule has 0 aliphatic heterocycles. The van der Waals surface area contributed by atoms with E-state index in [1.165, 1.54) is 5.56 Å². The van der Waals surface area contributed by atoms with Crippen LogP contribution in [-0.4, -0.2) is 12.9 Å². The minimum atomic E-state index is -0.233. The van der Waals surface area contributed by atoms with Gasteiger partial charge in [0, 0.05) is 6.61 Å². The Balaban J connectivity index is 1.83. The van der Waals surface area contributed by atoms with Crippen molar-refractivity contribution in [2.24, 2.45) is 0 Å². The third-order valence-corrected chi connectivity index (χ3v) is 3.49. The molecule has 0 fully saturated rings. The van der Waals surface area contributed by atoms with Gasteiger partial charge in [0.05, 0.1) is 0 Å². The molecule has 0 saturated heterocycles. The van der Waals surface area contributed by atoms with Gasteiger partial charge in [0.25, 0.3) is 0 Å². The van der Waals surface area contributed by atoms with E-state index in [1.807, 2.05) is 50.2 Å². The number of aryl methyl sites for hydroxylation is 1. The zero-order valence-electron chi connectivity index (χ0n) is 14.2. The van der Waals surface area contributed by atoms with Crippen LogP contribution in [-0.2, 0) is 17.8 Å². The summed E-state index contributed by atoms with van der Waals surface area (Å²) in [6.07, 6.45) is 2.04. The highest BCUT2D eigenvalue weighted by Crippen LogP contribution is 2.18. The van der Waals surface area contributed by atoms with Crippen LogP contribution in [0.25, 0.3) is 0 Å². The number of hydrogen-bond donors (Lipinski definition) is 0. The first-order chi connectivity index (χ1) is 11.2. The molecular weight excluding hydrogens is 288 g/mol. The molecule has 0 heterocycles. The van der Waals surface area contributed by atoms with E-state index in [0.717, 1.165) is 29.9 Å². The molecule has 0 aliphatic rings. The molecule has 0 bridgehead atoms. The molecule has 0 spiro atoms. The fourth-order valence-electron chi connectivity index (χ4n) is 2.33. The second-order valence-electron chi connectivity index (χ2n) is 5.47. The minimum absolute atomic E-state index is 0.233. The lowest BCUT2D eigenvalue weighted by Gasteiger charge is -2.14. The van der Waals surface area contributed by atoms with Crippen molar-refractivity contribution in [3.63, 3.8) is 0 Å². The first-order valence-electron chi connectivity index (χ1n) is 8.30. The van der Waals surface area contributed by atoms with Gasteiger partial charge < -0.3 is 14.2 Å². The van der Waals surface area contributed by atoms with Crippen LogP contribution in [0.2, 0.25) is 0 Å². The largest absolute Gasteiger partial charge is 0.489 e. The van der Waals surface area contributed by atoms with Crippen LogP contribution in [0.1, 0.15) is 38.3 Å². The van der Waals surface area contributed by atoms with Crippen LogP contribution in [0.5, 0.6) is 11.5 Å². The van der Waals surface area contributed by atoms with E-state index >= 15 is 0 Å². The van der Waals surface area contributed by atoms with Gasteiger partial charge in [-0.3, -0.25) is 0 Å². The van der Waals surface area contributed by atoms with Gasteiger partial charge in [-0.15, -0.1) is 0 Å². The van der Waals surface area contributed by atoms with Crippen LogP contribution in [0.4, 0.5) is 0 Å². The fourth-order valence-corrected chi connectivity index (χ4v) is 2.33. The van der Waals surface area contributed by atoms with Crippen molar-refractivity contribution in [3.05, 3.63) is 59.7 Å². The maximum Gasteiger partial charge on any atom is 0.196 e. The third-order valence-electron chi connectivity index (χ3n) is 3.49. The zero-order chi connectivity index (χ0) is 16.5. The maximum absolute atomic E-state index is 5.82. The van der Waals surface area contributed by atoms with Gasteiger partial charge in [-0.1, -0.05) is 37.6 Å². The summed E-state index contributed by atoms with van der Waals surface area (Å²) in [6, 6.07) is 16.2. The molecule has 0 aromatic heterocycles. The van der Waals surface area contributed by atoms with Gasteiger partial charge in [0.2, 0.25) is 0 Å². The van der Waals surface area contributed by atoms with Gasteiger partial charge in [-0.25, -0.2) is 0 Å². The van der Waals surface area contributed by atoms with Crippen molar-refractivity contribution in [2.75, 3.05) is 6.61 Å². The Morgan fingerprint density at radius 1 is 0.826 bits per heavy atom. The van der Waals surface area contributed by atoms with Gasteiger partial charge in [-0.2, -0.15) is 0 Å². The third kappa shape index (κ3) is 5.95. The molecule has 2 aromatic rings. The molecule has 1 atom stereocenters. The number of hydrogen-bond acceptors (Lipinski definition) is 3. The molecule has 0 N–H and O–H groups in total. The molecule has 3 nitrogen and oxygen atoms in total. The van der Waals surface area contributed by atoms with Crippen LogP contribution in [0.3, 0.4) is 0 Å². The van der Waals surface area contributed by atoms with E-state index in [-0.39, 0.29) is 6.29 Å². The predicted octanol–water partition coefficient (Wildman–Crippen LogP) is 4.98. The summed E-state index contributed by atoms with van der Waals surface area (Å²) in [5, 5.41) is 0. The number of ether oxygens (including phenoxy) is 3. The van der Waals surface area contributed by atoms with E-state index in [9.17, 15) is 0 Å². The van der Waals surface area contributed by atoms with E-state index in [4.69, 9.17) is 14.2 Å². The van der Waals surface area contributed by atoms with E-state index < -0.39 is 0 Å². The van der Waals surface area contributed by atoms with Crippen molar-refractivity contribution in [1.82, 2.24) is 0 Å². The van der Waals surface area contributed by atoms with Gasteiger partial charge in [0.15, 0.2) is 6.29 Å². The predicted molar refractivity (Wildman–Crippen MR) is 92.9 cm³/mol. The van der Waals surface area contributed by atoms with Crippen LogP contribution >= 0.6 is 0 Å². The topological polar surface area (TPSA) is 27.7 Å². The van der Waals surface area contributed by atoms with E-state index in [2.05, 4.69) is 19.1 Å². The summed E-state index contributed by atoms with van der Waals surface area (Å²) in [5.41, 5.74) is 2.46. The second-order valence-corrected chi connectivity index (χ2v) is 5.47. The summed E-state index contributed by atoms with van der Waals surface area (Å²) in [4.78, 5) is 0. The van der Waals surface area contributed by atoms with Crippen molar-refractivity contribution in [3.8, 4) is 11.5 Å². The van der Waals surface area contributed by atoms with Gasteiger partial charge in [0.1, 0.15) is 18.1 Å². The minimum Gasteiger partial charge on any atom is -0.489 e. The molecule has 2 rings (SSSR count). The number of benzene rings is 2. The molecule has 3 heteroatoms. The lowest BCUT2D eigenvalue weighted by atomic mass is 10.1. The van der Waals surface area contributed by atoms with E-state index in [1.54, 1.807) is 0 Å². The van der Waals surface area contributed by atoms with Crippen LogP contribution in [0, 0.1) is 0 Å². The van der Waals surface area contributed by atoms with Crippen molar-refractivity contribution >= 4 is 0 Å². The molecule has 1 unspecified atom stereocenters. The fraction of sp³-hybridized carbons (Fsp3) is 0.400. The lowest BCUT2D eigenvalue weighted by molar-refractivity contribution is -0.0613. The summed E-state index contributed by atoms with van der Waals surface area (Å²) in [6.45, 7) is 7.23. The molecule has 0 radical (unpaired) electrons. The first kappa shape index (κ1) is 17.4. The Kier molecular flexibility index (Phi) is 6.95. The normalized spacial score (nSPS) is 12.0. The maximum atomic E-state index is 5.82. The Morgan fingerprint density at radius 2 is 1.43 bits per heavy atom. The van der Waals surface area contributed by atoms with E-state index in [0.29, 0.717) is 13.2 Å². The highest BCUT2D eigenvalue weighted by molar-refractivity contribution is 5.29. The Hall–Kier alpha value is -2.00. The molecule has 124 valence electrons. The molecule has 2 aromatic carbocycles. The highest BCUT2D eigenvalue weighted by atomic mass is 16.7. The van der Waals surface area contributed by atoms with Crippen molar-refractivity contribution < 1.29 is 14.2 Å². The number of rotatable bonds is 9. The Labute approximate surface area is 139 Å². The molecule has 23 heavy (non-hydrogen) atoms. The first-order valence-corrected chi connectivity index (χ1v) is 8.30. The summed E-state index contributed by atoms with van der Waals surface area (Å²) in [5.74, 6) is 1.70. The lowest BCUT2D eigenvalue weighted by Crippen LogP contribution is -2.15. The molecule has 0 saturated carbocycles. The quantitative estimate of drug-likeness (QED) is 0.611. The molecule has 0 aliphatic carbocycles.